The number of amides is 2. The van der Waals surface area contributed by atoms with Crippen molar-refractivity contribution in [1.82, 2.24) is 9.88 Å². The van der Waals surface area contributed by atoms with Gasteiger partial charge in [-0.15, -0.1) is 11.3 Å². The Kier molecular flexibility index (Phi) is 6.27. The van der Waals surface area contributed by atoms with E-state index >= 15 is 0 Å². The zero-order chi connectivity index (χ0) is 22.7. The van der Waals surface area contributed by atoms with Crippen LogP contribution >= 0.6 is 11.3 Å². The molecule has 1 atom stereocenters. The van der Waals surface area contributed by atoms with E-state index < -0.39 is 12.7 Å². The Hall–Kier alpha value is -3.59. The molecule has 2 heterocycles. The van der Waals surface area contributed by atoms with Crippen molar-refractivity contribution in [3.05, 3.63) is 71.2 Å². The number of nitrogens with one attached hydrogen (secondary N) is 1. The van der Waals surface area contributed by atoms with E-state index in [4.69, 9.17) is 0 Å². The number of benzene rings is 2. The van der Waals surface area contributed by atoms with Gasteiger partial charge in [-0.05, 0) is 29.3 Å². The van der Waals surface area contributed by atoms with E-state index in [2.05, 4.69) is 15.0 Å². The van der Waals surface area contributed by atoms with E-state index in [9.17, 15) is 18.4 Å². The molecule has 6 nitrogen and oxygen atoms in total. The summed E-state index contributed by atoms with van der Waals surface area (Å²) in [4.78, 5) is 30.8. The van der Waals surface area contributed by atoms with Gasteiger partial charge in [-0.25, -0.2) is 4.98 Å². The molecule has 164 valence electrons. The molecule has 1 aliphatic rings. The number of rotatable bonds is 6. The lowest BCUT2D eigenvalue weighted by Crippen LogP contribution is -2.33. The van der Waals surface area contributed by atoms with Gasteiger partial charge in [0.2, 0.25) is 11.8 Å². The summed E-state index contributed by atoms with van der Waals surface area (Å²) in [5, 5.41) is 4.73. The minimum Gasteiger partial charge on any atom is -0.434 e. The SMILES string of the molecule is CC(=O)N1C=Cc2ccccc2C1CC(=O)Nc1nc(-c2ccccc2OC(F)F)cs1. The lowest BCUT2D eigenvalue weighted by Gasteiger charge is -2.32. The molecule has 9 heteroatoms. The van der Waals surface area contributed by atoms with Crippen molar-refractivity contribution in [1.29, 1.82) is 0 Å². The van der Waals surface area contributed by atoms with Gasteiger partial charge < -0.3 is 15.0 Å². The highest BCUT2D eigenvalue weighted by Gasteiger charge is 2.28. The fourth-order valence-electron chi connectivity index (χ4n) is 3.59. The Labute approximate surface area is 187 Å². The van der Waals surface area contributed by atoms with E-state index in [0.717, 1.165) is 11.1 Å². The number of halogens is 2. The summed E-state index contributed by atoms with van der Waals surface area (Å²) in [7, 11) is 0. The first-order valence-electron chi connectivity index (χ1n) is 9.78. The number of alkyl halides is 2. The van der Waals surface area contributed by atoms with E-state index in [1.807, 2.05) is 30.3 Å². The maximum absolute atomic E-state index is 12.8. The smallest absolute Gasteiger partial charge is 0.387 e. The number of nitrogens with zero attached hydrogens (tertiary/aromatic N) is 2. The average Bonchev–Trinajstić information content (AvgIpc) is 3.21. The van der Waals surface area contributed by atoms with Crippen LogP contribution < -0.4 is 10.1 Å². The molecule has 0 saturated heterocycles. The monoisotopic (exact) mass is 455 g/mol. The Balaban J connectivity index is 1.51. The van der Waals surface area contributed by atoms with Crippen molar-refractivity contribution in [3.8, 4) is 17.0 Å². The van der Waals surface area contributed by atoms with Crippen molar-refractivity contribution in [3.63, 3.8) is 0 Å². The molecule has 1 N–H and O–H groups in total. The Morgan fingerprint density at radius 3 is 2.72 bits per heavy atom. The third kappa shape index (κ3) is 4.67. The Bertz CT molecular complexity index is 1180. The normalized spacial score (nSPS) is 14.9. The van der Waals surface area contributed by atoms with Crippen LogP contribution in [0.5, 0.6) is 5.75 Å². The van der Waals surface area contributed by atoms with Gasteiger partial charge in [-0.1, -0.05) is 36.4 Å². The average molecular weight is 455 g/mol. The zero-order valence-electron chi connectivity index (χ0n) is 17.0. The fraction of sp³-hybridized carbons (Fsp3) is 0.174. The van der Waals surface area contributed by atoms with E-state index in [-0.39, 0.29) is 24.0 Å². The molecule has 0 radical (unpaired) electrons. The third-order valence-corrected chi connectivity index (χ3v) is 5.74. The highest BCUT2D eigenvalue weighted by molar-refractivity contribution is 7.14. The molecule has 2 aromatic carbocycles. The van der Waals surface area contributed by atoms with Crippen molar-refractivity contribution in [2.75, 3.05) is 5.32 Å². The van der Waals surface area contributed by atoms with Crippen molar-refractivity contribution in [2.45, 2.75) is 26.0 Å². The number of carbonyl (C=O) groups is 2. The first kappa shape index (κ1) is 21.6. The molecular formula is C23H19F2N3O3S. The van der Waals surface area contributed by atoms with Gasteiger partial charge in [0.1, 0.15) is 5.75 Å². The lowest BCUT2D eigenvalue weighted by atomic mass is 9.93. The summed E-state index contributed by atoms with van der Waals surface area (Å²) in [6.07, 6.45) is 3.57. The molecule has 3 aromatic rings. The molecule has 4 rings (SSSR count). The van der Waals surface area contributed by atoms with Gasteiger partial charge in [-0.3, -0.25) is 9.59 Å². The molecule has 0 saturated carbocycles. The highest BCUT2D eigenvalue weighted by Crippen LogP contribution is 2.35. The van der Waals surface area contributed by atoms with Gasteiger partial charge in [0.05, 0.1) is 18.2 Å². The Morgan fingerprint density at radius 2 is 1.94 bits per heavy atom. The molecule has 1 aliphatic heterocycles. The molecule has 0 bridgehead atoms. The van der Waals surface area contributed by atoms with Crippen LogP contribution in [-0.4, -0.2) is 28.3 Å². The maximum atomic E-state index is 12.8. The summed E-state index contributed by atoms with van der Waals surface area (Å²) in [6.45, 7) is -1.50. The number of hydrogen-bond donors (Lipinski definition) is 1. The van der Waals surface area contributed by atoms with Gasteiger partial charge in [0.25, 0.3) is 0 Å². The summed E-state index contributed by atoms with van der Waals surface area (Å²) >= 11 is 1.17. The molecular weight excluding hydrogens is 436 g/mol. The Morgan fingerprint density at radius 1 is 1.19 bits per heavy atom. The van der Waals surface area contributed by atoms with E-state index in [1.54, 1.807) is 29.8 Å². The lowest BCUT2D eigenvalue weighted by molar-refractivity contribution is -0.129. The predicted molar refractivity (Wildman–Crippen MR) is 118 cm³/mol. The number of hydrogen-bond acceptors (Lipinski definition) is 5. The van der Waals surface area contributed by atoms with Crippen LogP contribution in [0.3, 0.4) is 0 Å². The summed E-state index contributed by atoms with van der Waals surface area (Å²) in [5.41, 5.74) is 2.66. The molecule has 0 spiro atoms. The fourth-order valence-corrected chi connectivity index (χ4v) is 4.32. The van der Waals surface area contributed by atoms with Gasteiger partial charge in [0.15, 0.2) is 5.13 Å². The minimum absolute atomic E-state index is 0.00776. The molecule has 2 amide bonds. The van der Waals surface area contributed by atoms with Gasteiger partial charge >= 0.3 is 6.61 Å². The molecule has 32 heavy (non-hydrogen) atoms. The van der Waals surface area contributed by atoms with Crippen LogP contribution in [0.1, 0.15) is 30.5 Å². The van der Waals surface area contributed by atoms with Crippen molar-refractivity contribution >= 4 is 34.4 Å². The van der Waals surface area contributed by atoms with Gasteiger partial charge in [0, 0.05) is 24.1 Å². The van der Waals surface area contributed by atoms with Crippen LogP contribution in [0.25, 0.3) is 17.3 Å². The summed E-state index contributed by atoms with van der Waals surface area (Å²) in [6, 6.07) is 13.5. The topological polar surface area (TPSA) is 71.5 Å². The number of aromatic nitrogens is 1. The first-order chi connectivity index (χ1) is 15.4. The maximum Gasteiger partial charge on any atom is 0.387 e. The van der Waals surface area contributed by atoms with Crippen LogP contribution in [0.15, 0.2) is 60.1 Å². The van der Waals surface area contributed by atoms with Crippen molar-refractivity contribution < 1.29 is 23.1 Å². The van der Waals surface area contributed by atoms with Crippen LogP contribution in [0.2, 0.25) is 0 Å². The first-order valence-corrected chi connectivity index (χ1v) is 10.7. The molecule has 1 unspecified atom stereocenters. The summed E-state index contributed by atoms with van der Waals surface area (Å²) in [5.74, 6) is -0.474. The second kappa shape index (κ2) is 9.27. The molecule has 1 aromatic heterocycles. The number of para-hydroxylation sites is 1. The minimum atomic E-state index is -2.95. The van der Waals surface area contributed by atoms with Crippen LogP contribution in [0.4, 0.5) is 13.9 Å². The molecule has 0 fully saturated rings. The van der Waals surface area contributed by atoms with Crippen LogP contribution in [-0.2, 0) is 9.59 Å². The number of ether oxygens (including phenoxy) is 1. The standard InChI is InChI=1S/C23H19F2N3O3S/c1-14(29)28-11-10-15-6-2-3-7-16(15)19(28)12-21(30)27-23-26-18(13-32-23)17-8-4-5-9-20(17)31-22(24)25/h2-11,13,19,22H,12H2,1H3,(H,26,27,30). The number of carbonyl (C=O) groups excluding carboxylic acids is 2. The molecule has 0 aliphatic carbocycles. The second-order valence-corrected chi connectivity index (χ2v) is 7.91. The van der Waals surface area contributed by atoms with Crippen LogP contribution in [0, 0.1) is 0 Å². The second-order valence-electron chi connectivity index (χ2n) is 7.05. The summed E-state index contributed by atoms with van der Waals surface area (Å²) < 4.78 is 29.9. The number of thiazole rings is 1. The largest absolute Gasteiger partial charge is 0.434 e. The predicted octanol–water partition coefficient (Wildman–Crippen LogP) is 5.31. The van der Waals surface area contributed by atoms with E-state index in [0.29, 0.717) is 16.4 Å². The number of anilines is 1. The number of fused-ring (bicyclic) bond motifs is 1. The van der Waals surface area contributed by atoms with Crippen molar-refractivity contribution in [2.24, 2.45) is 0 Å². The highest BCUT2D eigenvalue weighted by atomic mass is 32.1. The van der Waals surface area contributed by atoms with Gasteiger partial charge in [-0.2, -0.15) is 8.78 Å². The zero-order valence-corrected chi connectivity index (χ0v) is 17.8. The third-order valence-electron chi connectivity index (χ3n) is 4.98. The quantitative estimate of drug-likeness (QED) is 0.547. The van der Waals surface area contributed by atoms with E-state index in [1.165, 1.54) is 29.2 Å².